The summed E-state index contributed by atoms with van der Waals surface area (Å²) in [7, 11) is 3.28. The van der Waals surface area contributed by atoms with Crippen molar-refractivity contribution < 1.29 is 9.47 Å². The van der Waals surface area contributed by atoms with Gasteiger partial charge in [-0.05, 0) is 37.1 Å². The van der Waals surface area contributed by atoms with E-state index in [4.69, 9.17) is 9.47 Å². The third-order valence-electron chi connectivity index (χ3n) is 3.99. The van der Waals surface area contributed by atoms with E-state index in [1.165, 1.54) is 12.8 Å². The van der Waals surface area contributed by atoms with E-state index in [9.17, 15) is 0 Å². The number of hydrogen-bond acceptors (Lipinski definition) is 5. The predicted octanol–water partition coefficient (Wildman–Crippen LogP) is 2.23. The molecule has 2 heterocycles. The number of hydrogen-bond donors (Lipinski definition) is 2. The maximum atomic E-state index is 5.33. The quantitative estimate of drug-likeness (QED) is 0.886. The van der Waals surface area contributed by atoms with Gasteiger partial charge in [-0.3, -0.25) is 5.10 Å². The van der Waals surface area contributed by atoms with Gasteiger partial charge in [-0.2, -0.15) is 5.10 Å². The van der Waals surface area contributed by atoms with Gasteiger partial charge in [-0.15, -0.1) is 0 Å². The Labute approximate surface area is 130 Å². The van der Waals surface area contributed by atoms with E-state index in [0.717, 1.165) is 41.7 Å². The first kappa shape index (κ1) is 14.8. The summed E-state index contributed by atoms with van der Waals surface area (Å²) in [5, 5.41) is 10.9. The average molecular weight is 302 g/mol. The van der Waals surface area contributed by atoms with Gasteiger partial charge in [0.15, 0.2) is 17.3 Å². The summed E-state index contributed by atoms with van der Waals surface area (Å²) in [5.74, 6) is 3.20. The summed E-state index contributed by atoms with van der Waals surface area (Å²) in [6.07, 6.45) is 4.27. The highest BCUT2D eigenvalue weighted by Crippen LogP contribution is 2.28. The van der Waals surface area contributed by atoms with E-state index in [-0.39, 0.29) is 6.04 Å². The van der Waals surface area contributed by atoms with Crippen LogP contribution in [0.4, 0.5) is 0 Å². The van der Waals surface area contributed by atoms with E-state index in [1.807, 2.05) is 18.2 Å². The van der Waals surface area contributed by atoms with Crippen molar-refractivity contribution in [1.29, 1.82) is 0 Å². The van der Waals surface area contributed by atoms with Gasteiger partial charge in [-0.1, -0.05) is 12.5 Å². The molecule has 22 heavy (non-hydrogen) atoms. The molecule has 1 saturated heterocycles. The van der Waals surface area contributed by atoms with Gasteiger partial charge in [-0.25, -0.2) is 4.98 Å². The molecular formula is C16H22N4O2. The number of methoxy groups -OCH3 is 2. The van der Waals surface area contributed by atoms with Crippen molar-refractivity contribution in [3.05, 3.63) is 35.4 Å². The predicted molar refractivity (Wildman–Crippen MR) is 83.3 cm³/mol. The van der Waals surface area contributed by atoms with E-state index < -0.39 is 0 Å². The van der Waals surface area contributed by atoms with Crippen LogP contribution in [0.25, 0.3) is 0 Å². The summed E-state index contributed by atoms with van der Waals surface area (Å²) < 4.78 is 10.6. The van der Waals surface area contributed by atoms with Crippen LogP contribution in [-0.2, 0) is 6.42 Å². The topological polar surface area (TPSA) is 72.1 Å². The molecule has 1 aliphatic heterocycles. The molecule has 1 unspecified atom stereocenters. The molecule has 0 radical (unpaired) electrons. The van der Waals surface area contributed by atoms with Crippen molar-refractivity contribution in [3.8, 4) is 11.5 Å². The van der Waals surface area contributed by atoms with Crippen molar-refractivity contribution in [2.75, 3.05) is 20.8 Å². The third-order valence-corrected chi connectivity index (χ3v) is 3.99. The summed E-state index contributed by atoms with van der Waals surface area (Å²) in [6.45, 7) is 1.05. The summed E-state index contributed by atoms with van der Waals surface area (Å²) in [4.78, 5) is 4.63. The smallest absolute Gasteiger partial charge is 0.167 e. The minimum Gasteiger partial charge on any atom is -0.493 e. The molecule has 0 aliphatic carbocycles. The molecule has 0 spiro atoms. The highest BCUT2D eigenvalue weighted by Gasteiger charge is 2.19. The Morgan fingerprint density at radius 2 is 2.05 bits per heavy atom. The van der Waals surface area contributed by atoms with Gasteiger partial charge in [0.05, 0.1) is 20.3 Å². The van der Waals surface area contributed by atoms with Gasteiger partial charge in [0.1, 0.15) is 5.82 Å². The van der Waals surface area contributed by atoms with Crippen molar-refractivity contribution in [3.63, 3.8) is 0 Å². The average Bonchev–Trinajstić information content (AvgIpc) is 3.04. The lowest BCUT2D eigenvalue weighted by atomic mass is 10.0. The Bertz CT molecular complexity index is 620. The van der Waals surface area contributed by atoms with Crippen molar-refractivity contribution in [2.45, 2.75) is 31.7 Å². The molecule has 1 aromatic heterocycles. The molecule has 0 amide bonds. The Morgan fingerprint density at radius 1 is 1.18 bits per heavy atom. The maximum absolute atomic E-state index is 5.33. The Morgan fingerprint density at radius 3 is 2.77 bits per heavy atom. The van der Waals surface area contributed by atoms with Crippen LogP contribution in [0.15, 0.2) is 18.2 Å². The molecule has 1 atom stereocenters. The Balaban J connectivity index is 1.72. The number of rotatable bonds is 5. The normalized spacial score (nSPS) is 18.2. The lowest BCUT2D eigenvalue weighted by Crippen LogP contribution is -2.27. The number of nitrogens with one attached hydrogen (secondary N) is 2. The molecule has 1 fully saturated rings. The highest BCUT2D eigenvalue weighted by molar-refractivity contribution is 5.43. The summed E-state index contributed by atoms with van der Waals surface area (Å²) in [6, 6.07) is 6.18. The number of aromatic nitrogens is 3. The molecule has 0 saturated carbocycles. The lowest BCUT2D eigenvalue weighted by molar-refractivity contribution is 0.354. The van der Waals surface area contributed by atoms with Gasteiger partial charge in [0.25, 0.3) is 0 Å². The molecule has 2 aromatic rings. The first-order valence-corrected chi connectivity index (χ1v) is 7.65. The van der Waals surface area contributed by atoms with E-state index in [0.29, 0.717) is 6.42 Å². The van der Waals surface area contributed by atoms with Crippen LogP contribution in [0, 0.1) is 0 Å². The van der Waals surface area contributed by atoms with Crippen molar-refractivity contribution >= 4 is 0 Å². The number of aromatic amines is 1. The zero-order valence-electron chi connectivity index (χ0n) is 13.1. The Hall–Kier alpha value is -2.08. The molecule has 3 rings (SSSR count). The molecule has 0 bridgehead atoms. The van der Waals surface area contributed by atoms with Gasteiger partial charge in [0.2, 0.25) is 0 Å². The van der Waals surface area contributed by atoms with Crippen LogP contribution >= 0.6 is 0 Å². The largest absolute Gasteiger partial charge is 0.493 e. The van der Waals surface area contributed by atoms with Crippen LogP contribution in [0.2, 0.25) is 0 Å². The van der Waals surface area contributed by atoms with E-state index >= 15 is 0 Å². The molecule has 2 N–H and O–H groups in total. The second-order valence-electron chi connectivity index (χ2n) is 5.51. The molecule has 1 aliphatic rings. The monoisotopic (exact) mass is 302 g/mol. The Kier molecular flexibility index (Phi) is 4.58. The van der Waals surface area contributed by atoms with Crippen LogP contribution in [0.3, 0.4) is 0 Å². The number of nitrogens with zero attached hydrogens (tertiary/aromatic N) is 2. The summed E-state index contributed by atoms with van der Waals surface area (Å²) in [5.41, 5.74) is 1.11. The van der Waals surface area contributed by atoms with Gasteiger partial charge < -0.3 is 14.8 Å². The SMILES string of the molecule is COc1ccc(Cc2nc(C3CCCCN3)n[nH]2)cc1OC. The van der Waals surface area contributed by atoms with Crippen LogP contribution < -0.4 is 14.8 Å². The fourth-order valence-corrected chi connectivity index (χ4v) is 2.80. The van der Waals surface area contributed by atoms with Crippen molar-refractivity contribution in [1.82, 2.24) is 20.5 Å². The molecule has 6 nitrogen and oxygen atoms in total. The highest BCUT2D eigenvalue weighted by atomic mass is 16.5. The number of ether oxygens (including phenoxy) is 2. The van der Waals surface area contributed by atoms with Crippen LogP contribution in [0.5, 0.6) is 11.5 Å². The van der Waals surface area contributed by atoms with Crippen molar-refractivity contribution in [2.24, 2.45) is 0 Å². The van der Waals surface area contributed by atoms with E-state index in [1.54, 1.807) is 14.2 Å². The minimum atomic E-state index is 0.282. The van der Waals surface area contributed by atoms with Crippen LogP contribution in [0.1, 0.15) is 42.5 Å². The number of piperidine rings is 1. The molecular weight excluding hydrogens is 280 g/mol. The molecule has 6 heteroatoms. The minimum absolute atomic E-state index is 0.282. The first-order valence-electron chi connectivity index (χ1n) is 7.65. The maximum Gasteiger partial charge on any atom is 0.167 e. The zero-order chi connectivity index (χ0) is 15.4. The van der Waals surface area contributed by atoms with Gasteiger partial charge in [0, 0.05) is 6.42 Å². The molecule has 118 valence electrons. The van der Waals surface area contributed by atoms with E-state index in [2.05, 4.69) is 20.5 Å². The molecule has 1 aromatic carbocycles. The summed E-state index contributed by atoms with van der Waals surface area (Å²) >= 11 is 0. The fourth-order valence-electron chi connectivity index (χ4n) is 2.80. The lowest BCUT2D eigenvalue weighted by Gasteiger charge is -2.20. The third kappa shape index (κ3) is 3.22. The number of benzene rings is 1. The van der Waals surface area contributed by atoms with Gasteiger partial charge >= 0.3 is 0 Å². The zero-order valence-corrected chi connectivity index (χ0v) is 13.1. The second kappa shape index (κ2) is 6.79. The second-order valence-corrected chi connectivity index (χ2v) is 5.51. The number of H-pyrrole nitrogens is 1. The standard InChI is InChI=1S/C16H22N4O2/c1-21-13-7-6-11(9-14(13)22-2)10-15-18-16(20-19-15)12-5-3-4-8-17-12/h6-7,9,12,17H,3-5,8,10H2,1-2H3,(H,18,19,20). The fraction of sp³-hybridized carbons (Fsp3) is 0.500. The first-order chi connectivity index (χ1) is 10.8. The van der Waals surface area contributed by atoms with Crippen LogP contribution in [-0.4, -0.2) is 35.9 Å².